The van der Waals surface area contributed by atoms with E-state index in [1.54, 1.807) is 12.5 Å². The molecular weight excluding hydrogens is 244 g/mol. The maximum atomic E-state index is 8.58. The van der Waals surface area contributed by atoms with Crippen molar-refractivity contribution < 1.29 is 5.21 Å². The number of oxime groups is 1. The Balaban J connectivity index is 2.30. The SMILES string of the molecule is CCN(CC/C(N)=N/O)c1nccc2c1ncn2C. The third-order valence-corrected chi connectivity index (χ3v) is 3.07. The molecule has 0 amide bonds. The van der Waals surface area contributed by atoms with Crippen LogP contribution in [-0.2, 0) is 7.05 Å². The van der Waals surface area contributed by atoms with Gasteiger partial charge < -0.3 is 20.4 Å². The van der Waals surface area contributed by atoms with Crippen molar-refractivity contribution in [2.75, 3.05) is 18.0 Å². The van der Waals surface area contributed by atoms with E-state index in [4.69, 9.17) is 10.9 Å². The Hall–Kier alpha value is -2.31. The molecule has 3 N–H and O–H groups in total. The van der Waals surface area contributed by atoms with Crippen LogP contribution in [0.1, 0.15) is 13.3 Å². The van der Waals surface area contributed by atoms with Crippen molar-refractivity contribution in [3.05, 3.63) is 18.6 Å². The van der Waals surface area contributed by atoms with E-state index < -0.39 is 0 Å². The van der Waals surface area contributed by atoms with Gasteiger partial charge in [-0.05, 0) is 13.0 Å². The number of imidazole rings is 1. The average molecular weight is 262 g/mol. The Bertz CT molecular complexity index is 591. The zero-order chi connectivity index (χ0) is 13.8. The summed E-state index contributed by atoms with van der Waals surface area (Å²) < 4.78 is 1.96. The third-order valence-electron chi connectivity index (χ3n) is 3.07. The molecule has 0 aromatic carbocycles. The quantitative estimate of drug-likeness (QED) is 0.362. The van der Waals surface area contributed by atoms with Gasteiger partial charge in [-0.3, -0.25) is 0 Å². The highest BCUT2D eigenvalue weighted by Crippen LogP contribution is 2.22. The van der Waals surface area contributed by atoms with Crippen LogP contribution in [0.2, 0.25) is 0 Å². The molecule has 7 heteroatoms. The van der Waals surface area contributed by atoms with Crippen LogP contribution < -0.4 is 10.6 Å². The lowest BCUT2D eigenvalue weighted by molar-refractivity contribution is 0.317. The van der Waals surface area contributed by atoms with Crippen molar-refractivity contribution in [3.63, 3.8) is 0 Å². The fourth-order valence-corrected chi connectivity index (χ4v) is 1.99. The molecule has 0 spiro atoms. The molecule has 0 unspecified atom stereocenters. The van der Waals surface area contributed by atoms with Crippen molar-refractivity contribution in [2.24, 2.45) is 17.9 Å². The Morgan fingerprint density at radius 3 is 3.00 bits per heavy atom. The highest BCUT2D eigenvalue weighted by Gasteiger charge is 2.13. The van der Waals surface area contributed by atoms with Gasteiger partial charge in [-0.2, -0.15) is 0 Å². The van der Waals surface area contributed by atoms with Crippen LogP contribution in [0, 0.1) is 0 Å². The topological polar surface area (TPSA) is 92.6 Å². The van der Waals surface area contributed by atoms with E-state index >= 15 is 0 Å². The number of nitrogens with zero attached hydrogens (tertiary/aromatic N) is 5. The molecule has 2 aromatic heterocycles. The fourth-order valence-electron chi connectivity index (χ4n) is 1.99. The monoisotopic (exact) mass is 262 g/mol. The van der Waals surface area contributed by atoms with Gasteiger partial charge in [0, 0.05) is 32.8 Å². The van der Waals surface area contributed by atoms with Crippen LogP contribution in [0.15, 0.2) is 23.7 Å². The summed E-state index contributed by atoms with van der Waals surface area (Å²) in [4.78, 5) is 10.8. The van der Waals surface area contributed by atoms with E-state index in [2.05, 4.69) is 20.0 Å². The van der Waals surface area contributed by atoms with Gasteiger partial charge in [0.1, 0.15) is 11.4 Å². The molecule has 2 aromatic rings. The predicted molar refractivity (Wildman–Crippen MR) is 74.4 cm³/mol. The first kappa shape index (κ1) is 13.1. The summed E-state index contributed by atoms with van der Waals surface area (Å²) in [5, 5.41) is 11.6. The van der Waals surface area contributed by atoms with Gasteiger partial charge in [-0.15, -0.1) is 0 Å². The minimum Gasteiger partial charge on any atom is -0.409 e. The van der Waals surface area contributed by atoms with E-state index in [1.807, 2.05) is 24.6 Å². The van der Waals surface area contributed by atoms with Crippen LogP contribution in [-0.4, -0.2) is 38.7 Å². The summed E-state index contributed by atoms with van der Waals surface area (Å²) >= 11 is 0. The molecule has 0 aliphatic rings. The first-order chi connectivity index (χ1) is 9.17. The zero-order valence-electron chi connectivity index (χ0n) is 11.1. The summed E-state index contributed by atoms with van der Waals surface area (Å²) in [7, 11) is 1.95. The minimum absolute atomic E-state index is 0.214. The maximum Gasteiger partial charge on any atom is 0.156 e. The lowest BCUT2D eigenvalue weighted by Gasteiger charge is -2.21. The van der Waals surface area contributed by atoms with E-state index in [1.165, 1.54) is 0 Å². The second-order valence-electron chi connectivity index (χ2n) is 4.28. The summed E-state index contributed by atoms with van der Waals surface area (Å²) in [5.41, 5.74) is 7.41. The highest BCUT2D eigenvalue weighted by atomic mass is 16.4. The fraction of sp³-hybridized carbons (Fsp3) is 0.417. The van der Waals surface area contributed by atoms with Crippen LogP contribution in [0.5, 0.6) is 0 Å². The molecule has 102 valence electrons. The Labute approximate surface area is 111 Å². The number of fused-ring (bicyclic) bond motifs is 1. The molecule has 0 aliphatic carbocycles. The summed E-state index contributed by atoms with van der Waals surface area (Å²) in [6.45, 7) is 3.45. The first-order valence-corrected chi connectivity index (χ1v) is 6.14. The lowest BCUT2D eigenvalue weighted by atomic mass is 10.3. The van der Waals surface area contributed by atoms with Crippen LogP contribution in [0.25, 0.3) is 11.0 Å². The summed E-state index contributed by atoms with van der Waals surface area (Å²) in [6, 6.07) is 1.93. The summed E-state index contributed by atoms with van der Waals surface area (Å²) in [5.74, 6) is 1.04. The van der Waals surface area contributed by atoms with Crippen LogP contribution in [0.4, 0.5) is 5.82 Å². The third kappa shape index (κ3) is 2.59. The number of hydrogen-bond donors (Lipinski definition) is 2. The molecular formula is C12H18N6O. The maximum absolute atomic E-state index is 8.58. The van der Waals surface area contributed by atoms with Gasteiger partial charge in [-0.25, -0.2) is 9.97 Å². The molecule has 0 atom stereocenters. The van der Waals surface area contributed by atoms with Crippen LogP contribution in [0.3, 0.4) is 0 Å². The van der Waals surface area contributed by atoms with E-state index in [-0.39, 0.29) is 5.84 Å². The molecule has 0 bridgehead atoms. The zero-order valence-corrected chi connectivity index (χ0v) is 11.1. The second kappa shape index (κ2) is 5.55. The van der Waals surface area contributed by atoms with Gasteiger partial charge >= 0.3 is 0 Å². The van der Waals surface area contributed by atoms with Crippen molar-refractivity contribution >= 4 is 22.7 Å². The number of nitrogens with two attached hydrogens (primary N) is 1. The van der Waals surface area contributed by atoms with Gasteiger partial charge in [0.05, 0.1) is 11.8 Å². The van der Waals surface area contributed by atoms with Gasteiger partial charge in [-0.1, -0.05) is 5.16 Å². The predicted octanol–water partition coefficient (Wildman–Crippen LogP) is 0.931. The number of aromatic nitrogens is 3. The number of amidine groups is 1. The largest absolute Gasteiger partial charge is 0.409 e. The number of rotatable bonds is 5. The van der Waals surface area contributed by atoms with E-state index in [0.29, 0.717) is 13.0 Å². The molecule has 0 fully saturated rings. The van der Waals surface area contributed by atoms with E-state index in [0.717, 1.165) is 23.4 Å². The highest BCUT2D eigenvalue weighted by molar-refractivity contribution is 5.86. The molecule has 7 nitrogen and oxygen atoms in total. The Kier molecular flexibility index (Phi) is 3.84. The molecule has 0 radical (unpaired) electrons. The molecule has 19 heavy (non-hydrogen) atoms. The molecule has 2 heterocycles. The second-order valence-corrected chi connectivity index (χ2v) is 4.28. The standard InChI is InChI=1S/C12H18N6O/c1-3-18(7-5-10(13)16-19)12-11-9(4-6-14-12)17(2)8-15-11/h4,6,8,19H,3,5,7H2,1-2H3,(H2,13,16). The molecule has 2 rings (SSSR count). The minimum atomic E-state index is 0.214. The van der Waals surface area contributed by atoms with Gasteiger partial charge in [0.25, 0.3) is 0 Å². The normalized spacial score (nSPS) is 12.0. The number of aryl methyl sites for hydroxylation is 1. The van der Waals surface area contributed by atoms with Gasteiger partial charge in [0.2, 0.25) is 0 Å². The first-order valence-electron chi connectivity index (χ1n) is 6.14. The van der Waals surface area contributed by atoms with Crippen molar-refractivity contribution in [3.8, 4) is 0 Å². The molecule has 0 saturated carbocycles. The van der Waals surface area contributed by atoms with Crippen LogP contribution >= 0.6 is 0 Å². The molecule has 0 saturated heterocycles. The number of pyridine rings is 1. The summed E-state index contributed by atoms with van der Waals surface area (Å²) in [6.07, 6.45) is 4.02. The van der Waals surface area contributed by atoms with Gasteiger partial charge in [0.15, 0.2) is 5.82 Å². The Morgan fingerprint density at radius 2 is 2.32 bits per heavy atom. The van der Waals surface area contributed by atoms with Crippen molar-refractivity contribution in [1.82, 2.24) is 14.5 Å². The Morgan fingerprint density at radius 1 is 1.53 bits per heavy atom. The van der Waals surface area contributed by atoms with Crippen molar-refractivity contribution in [2.45, 2.75) is 13.3 Å². The lowest BCUT2D eigenvalue weighted by Crippen LogP contribution is -2.28. The number of anilines is 1. The number of hydrogen-bond acceptors (Lipinski definition) is 5. The molecule has 0 aliphatic heterocycles. The smallest absolute Gasteiger partial charge is 0.156 e. The van der Waals surface area contributed by atoms with Crippen molar-refractivity contribution in [1.29, 1.82) is 0 Å². The average Bonchev–Trinajstić information content (AvgIpc) is 2.82. The van der Waals surface area contributed by atoms with E-state index in [9.17, 15) is 0 Å².